The number of hydrogen-bond donors (Lipinski definition) is 0. The van der Waals surface area contributed by atoms with Gasteiger partial charge in [-0.15, -0.1) is 0 Å². The Hall–Kier alpha value is -1.70. The summed E-state index contributed by atoms with van der Waals surface area (Å²) in [4.78, 5) is 0. The number of rotatable bonds is 6. The van der Waals surface area contributed by atoms with E-state index >= 15 is 0 Å². The molecule has 0 aliphatic carbocycles. The molecule has 1 heterocycles. The number of unbranched alkanes of at least 4 members (excludes halogenated alkanes) is 2. The van der Waals surface area contributed by atoms with E-state index in [0.29, 0.717) is 6.61 Å². The van der Waals surface area contributed by atoms with Crippen molar-refractivity contribution in [2.24, 2.45) is 0 Å². The van der Waals surface area contributed by atoms with Gasteiger partial charge in [-0.1, -0.05) is 32.4 Å². The minimum Gasteiger partial charge on any atom is -0.496 e. The average Bonchev–Trinajstić information content (AvgIpc) is 2.46. The first-order valence-corrected chi connectivity index (χ1v) is 6.95. The molecule has 1 aliphatic rings. The molecule has 0 aromatic heterocycles. The minimum atomic E-state index is 0.595. The first kappa shape index (κ1) is 13.7. The van der Waals surface area contributed by atoms with Crippen LogP contribution in [-0.4, -0.2) is 13.7 Å². The zero-order valence-electron chi connectivity index (χ0n) is 11.9. The van der Waals surface area contributed by atoms with Gasteiger partial charge in [0.2, 0.25) is 0 Å². The van der Waals surface area contributed by atoms with Gasteiger partial charge in [0.25, 0.3) is 0 Å². The monoisotopic (exact) mass is 258 g/mol. The predicted molar refractivity (Wildman–Crippen MR) is 79.9 cm³/mol. The molecule has 0 amide bonds. The van der Waals surface area contributed by atoms with Crippen molar-refractivity contribution in [2.75, 3.05) is 13.7 Å². The first-order valence-electron chi connectivity index (χ1n) is 6.95. The smallest absolute Gasteiger partial charge is 0.131 e. The van der Waals surface area contributed by atoms with E-state index in [1.54, 1.807) is 7.11 Å². The van der Waals surface area contributed by atoms with Crippen LogP contribution >= 0.6 is 0 Å². The number of methoxy groups -OCH3 is 1. The molecule has 1 aromatic carbocycles. The van der Waals surface area contributed by atoms with Crippen molar-refractivity contribution in [3.8, 4) is 11.5 Å². The van der Waals surface area contributed by atoms with Crippen LogP contribution in [0.4, 0.5) is 0 Å². The number of fused-ring (bicyclic) bond motifs is 1. The molecule has 0 spiro atoms. The van der Waals surface area contributed by atoms with Gasteiger partial charge >= 0.3 is 0 Å². The number of ether oxygens (including phenoxy) is 2. The van der Waals surface area contributed by atoms with Gasteiger partial charge in [-0.25, -0.2) is 0 Å². The van der Waals surface area contributed by atoms with Crippen LogP contribution in [0.5, 0.6) is 11.5 Å². The fourth-order valence-corrected chi connectivity index (χ4v) is 2.32. The quantitative estimate of drug-likeness (QED) is 0.704. The van der Waals surface area contributed by atoms with Crippen molar-refractivity contribution in [1.82, 2.24) is 0 Å². The molecule has 102 valence electrons. The summed E-state index contributed by atoms with van der Waals surface area (Å²) in [7, 11) is 1.71. The largest absolute Gasteiger partial charge is 0.496 e. The molecule has 0 fully saturated rings. The van der Waals surface area contributed by atoms with E-state index in [-0.39, 0.29) is 0 Å². The number of aryl methyl sites for hydroxylation is 1. The van der Waals surface area contributed by atoms with Crippen molar-refractivity contribution in [2.45, 2.75) is 32.6 Å². The molecule has 2 nitrogen and oxygen atoms in total. The van der Waals surface area contributed by atoms with Gasteiger partial charge in [-0.3, -0.25) is 0 Å². The van der Waals surface area contributed by atoms with Gasteiger partial charge in [0.15, 0.2) is 0 Å². The molecule has 2 rings (SSSR count). The lowest BCUT2D eigenvalue weighted by Crippen LogP contribution is -2.07. The Balaban J connectivity index is 2.28. The zero-order valence-corrected chi connectivity index (χ0v) is 11.9. The van der Waals surface area contributed by atoms with Gasteiger partial charge in [0.05, 0.1) is 12.7 Å². The third-order valence-electron chi connectivity index (χ3n) is 3.44. The molecule has 0 N–H and O–H groups in total. The van der Waals surface area contributed by atoms with Gasteiger partial charge in [0, 0.05) is 0 Å². The first-order chi connectivity index (χ1) is 9.28. The summed E-state index contributed by atoms with van der Waals surface area (Å²) in [5.74, 6) is 1.82. The van der Waals surface area contributed by atoms with Crippen molar-refractivity contribution >= 4 is 6.08 Å². The van der Waals surface area contributed by atoms with Crippen LogP contribution in [0.15, 0.2) is 30.4 Å². The highest BCUT2D eigenvalue weighted by molar-refractivity contribution is 5.70. The fraction of sp³-hybridized carbons (Fsp3) is 0.412. The van der Waals surface area contributed by atoms with Crippen LogP contribution in [0, 0.1) is 0 Å². The topological polar surface area (TPSA) is 18.5 Å². The van der Waals surface area contributed by atoms with Crippen molar-refractivity contribution in [1.29, 1.82) is 0 Å². The molecule has 0 saturated carbocycles. The maximum absolute atomic E-state index is 5.80. The standard InChI is InChI=1S/C17H22O2/c1-4-6-7-8-14-10-16(18-3)15-9-13(5-2)12-19-17(15)11-14/h5,9-11H,2,4,6-8,12H2,1,3H3. The van der Waals surface area contributed by atoms with E-state index in [4.69, 9.17) is 9.47 Å². The molecule has 0 radical (unpaired) electrons. The Morgan fingerprint density at radius 2 is 2.21 bits per heavy atom. The van der Waals surface area contributed by atoms with Gasteiger partial charge in [-0.2, -0.15) is 0 Å². The van der Waals surface area contributed by atoms with E-state index in [0.717, 1.165) is 29.1 Å². The van der Waals surface area contributed by atoms with Crippen LogP contribution in [0.2, 0.25) is 0 Å². The molecule has 0 bridgehead atoms. The molecular weight excluding hydrogens is 236 g/mol. The van der Waals surface area contributed by atoms with Crippen LogP contribution in [-0.2, 0) is 6.42 Å². The van der Waals surface area contributed by atoms with E-state index in [2.05, 4.69) is 31.7 Å². The SMILES string of the molecule is C=CC1=Cc2c(OC)cc(CCCCC)cc2OC1. The second-order valence-corrected chi connectivity index (χ2v) is 4.88. The lowest BCUT2D eigenvalue weighted by atomic mass is 10.0. The maximum atomic E-state index is 5.80. The number of hydrogen-bond acceptors (Lipinski definition) is 2. The van der Waals surface area contributed by atoms with Crippen molar-refractivity contribution < 1.29 is 9.47 Å². The van der Waals surface area contributed by atoms with E-state index in [1.165, 1.54) is 24.8 Å². The summed E-state index contributed by atoms with van der Waals surface area (Å²) in [6.45, 7) is 6.61. The van der Waals surface area contributed by atoms with Crippen LogP contribution < -0.4 is 9.47 Å². The second kappa shape index (κ2) is 6.46. The van der Waals surface area contributed by atoms with Crippen LogP contribution in [0.25, 0.3) is 6.08 Å². The fourth-order valence-electron chi connectivity index (χ4n) is 2.32. The summed E-state index contributed by atoms with van der Waals surface area (Å²) in [6.07, 6.45) is 8.73. The molecule has 1 aliphatic heterocycles. The summed E-state index contributed by atoms with van der Waals surface area (Å²) in [5.41, 5.74) is 3.41. The summed E-state index contributed by atoms with van der Waals surface area (Å²) in [5, 5.41) is 0. The Kier molecular flexibility index (Phi) is 4.67. The molecule has 19 heavy (non-hydrogen) atoms. The lowest BCUT2D eigenvalue weighted by Gasteiger charge is -2.19. The summed E-state index contributed by atoms with van der Waals surface area (Å²) < 4.78 is 11.3. The van der Waals surface area contributed by atoms with E-state index in [1.807, 2.05) is 6.08 Å². The van der Waals surface area contributed by atoms with Gasteiger partial charge < -0.3 is 9.47 Å². The number of benzene rings is 1. The van der Waals surface area contributed by atoms with E-state index < -0.39 is 0 Å². The van der Waals surface area contributed by atoms with Crippen molar-refractivity contribution in [3.63, 3.8) is 0 Å². The Bertz CT molecular complexity index is 486. The maximum Gasteiger partial charge on any atom is 0.131 e. The highest BCUT2D eigenvalue weighted by Crippen LogP contribution is 2.36. The Labute approximate surface area is 115 Å². The highest BCUT2D eigenvalue weighted by Gasteiger charge is 2.15. The summed E-state index contributed by atoms with van der Waals surface area (Å²) >= 11 is 0. The molecular formula is C17H22O2. The molecule has 0 unspecified atom stereocenters. The Morgan fingerprint density at radius 3 is 2.89 bits per heavy atom. The van der Waals surface area contributed by atoms with E-state index in [9.17, 15) is 0 Å². The summed E-state index contributed by atoms with van der Waals surface area (Å²) in [6, 6.07) is 4.27. The van der Waals surface area contributed by atoms with Crippen molar-refractivity contribution in [3.05, 3.63) is 41.5 Å². The second-order valence-electron chi connectivity index (χ2n) is 4.88. The highest BCUT2D eigenvalue weighted by atomic mass is 16.5. The molecule has 1 aromatic rings. The van der Waals surface area contributed by atoms with Crippen LogP contribution in [0.3, 0.4) is 0 Å². The predicted octanol–water partition coefficient (Wildman–Crippen LogP) is 4.39. The zero-order chi connectivity index (χ0) is 13.7. The van der Waals surface area contributed by atoms with Gasteiger partial charge in [-0.05, 0) is 42.2 Å². The van der Waals surface area contributed by atoms with Gasteiger partial charge in [0.1, 0.15) is 18.1 Å². The lowest BCUT2D eigenvalue weighted by molar-refractivity contribution is 0.344. The molecule has 2 heteroatoms. The van der Waals surface area contributed by atoms with Crippen LogP contribution in [0.1, 0.15) is 37.3 Å². The third-order valence-corrected chi connectivity index (χ3v) is 3.44. The molecule has 0 saturated heterocycles. The third kappa shape index (κ3) is 3.19. The minimum absolute atomic E-state index is 0.595. The average molecular weight is 258 g/mol. The Morgan fingerprint density at radius 1 is 1.37 bits per heavy atom. The molecule has 0 atom stereocenters. The normalized spacial score (nSPS) is 13.3.